The molecule has 3 aromatic rings. The smallest absolute Gasteiger partial charge is 0.270 e. The zero-order valence-corrected chi connectivity index (χ0v) is 20.0. The summed E-state index contributed by atoms with van der Waals surface area (Å²) in [5.41, 5.74) is 2.22. The number of rotatable bonds is 9. The van der Waals surface area contributed by atoms with Crippen molar-refractivity contribution >= 4 is 32.4 Å². The molecule has 1 aromatic heterocycles. The summed E-state index contributed by atoms with van der Waals surface area (Å²) in [7, 11) is -2.37. The second-order valence-corrected chi connectivity index (χ2v) is 10.6. The largest absolute Gasteiger partial charge is 0.497 e. The highest BCUT2D eigenvalue weighted by Gasteiger charge is 2.26. The lowest BCUT2D eigenvalue weighted by molar-refractivity contribution is 0.102. The van der Waals surface area contributed by atoms with E-state index in [9.17, 15) is 13.2 Å². The average molecular weight is 475 g/mol. The van der Waals surface area contributed by atoms with E-state index in [1.807, 2.05) is 39.0 Å². The number of aryl methyl sites for hydroxylation is 1. The van der Waals surface area contributed by atoms with Gasteiger partial charge < -0.3 is 4.74 Å². The summed E-state index contributed by atoms with van der Waals surface area (Å²) in [6.07, 6.45) is 0.599. The summed E-state index contributed by atoms with van der Waals surface area (Å²) in [4.78, 5) is 12.4. The van der Waals surface area contributed by atoms with Gasteiger partial charge in [-0.05, 0) is 49.1 Å². The minimum absolute atomic E-state index is 0.113. The number of carbonyl (C=O) groups excluding carboxylic acids is 1. The molecule has 0 spiro atoms. The summed E-state index contributed by atoms with van der Waals surface area (Å²) in [5, 5.41) is 10.3. The van der Waals surface area contributed by atoms with Crippen molar-refractivity contribution in [2.75, 3.05) is 12.4 Å². The Kier molecular flexibility index (Phi) is 7.60. The second kappa shape index (κ2) is 10.2. The van der Waals surface area contributed by atoms with Crippen LogP contribution in [0.3, 0.4) is 0 Å². The summed E-state index contributed by atoms with van der Waals surface area (Å²) in [6.45, 7) is 5.93. The summed E-state index contributed by atoms with van der Waals surface area (Å²) < 4.78 is 33.7. The maximum absolute atomic E-state index is 13.0. The number of nitrogens with zero attached hydrogens (tertiary/aromatic N) is 2. The monoisotopic (exact) mass is 474 g/mol. The minimum Gasteiger partial charge on any atom is -0.497 e. The minimum atomic E-state index is -3.94. The van der Waals surface area contributed by atoms with Crippen LogP contribution in [0.5, 0.6) is 5.75 Å². The molecular formula is C22H26N4O4S2. The Hall–Kier alpha value is -2.82. The average Bonchev–Trinajstić information content (AvgIpc) is 3.22. The van der Waals surface area contributed by atoms with Gasteiger partial charge >= 0.3 is 0 Å². The SMILES string of the molecule is COc1ccc([C@H](CC(C)C)NS(=O)(=O)c2nnc(NC(=O)c3cccc(C)c3)s2)cc1. The van der Waals surface area contributed by atoms with E-state index in [4.69, 9.17) is 4.74 Å². The van der Waals surface area contributed by atoms with Gasteiger partial charge in [0.2, 0.25) is 9.47 Å². The number of anilines is 1. The highest BCUT2D eigenvalue weighted by atomic mass is 32.2. The van der Waals surface area contributed by atoms with E-state index < -0.39 is 16.1 Å². The molecule has 170 valence electrons. The van der Waals surface area contributed by atoms with E-state index in [0.29, 0.717) is 17.7 Å². The maximum atomic E-state index is 13.0. The van der Waals surface area contributed by atoms with E-state index in [0.717, 1.165) is 22.5 Å². The number of hydrogen-bond donors (Lipinski definition) is 2. The predicted octanol–water partition coefficient (Wildman–Crippen LogP) is 4.17. The van der Waals surface area contributed by atoms with Crippen LogP contribution in [0.1, 0.15) is 47.8 Å². The van der Waals surface area contributed by atoms with Crippen molar-refractivity contribution in [3.63, 3.8) is 0 Å². The Morgan fingerprint density at radius 2 is 1.84 bits per heavy atom. The Morgan fingerprint density at radius 3 is 2.47 bits per heavy atom. The van der Waals surface area contributed by atoms with Gasteiger partial charge in [0.25, 0.3) is 15.9 Å². The van der Waals surface area contributed by atoms with Gasteiger partial charge in [-0.3, -0.25) is 10.1 Å². The molecule has 0 saturated heterocycles. The molecule has 1 atom stereocenters. The molecule has 1 amide bonds. The molecule has 2 aromatic carbocycles. The topological polar surface area (TPSA) is 110 Å². The summed E-state index contributed by atoms with van der Waals surface area (Å²) in [5.74, 6) is 0.569. The van der Waals surface area contributed by atoms with E-state index in [2.05, 4.69) is 20.2 Å². The molecule has 0 radical (unpaired) electrons. The van der Waals surface area contributed by atoms with Crippen LogP contribution in [0.4, 0.5) is 5.13 Å². The van der Waals surface area contributed by atoms with E-state index >= 15 is 0 Å². The Bertz CT molecular complexity index is 1170. The number of carbonyl (C=O) groups is 1. The van der Waals surface area contributed by atoms with Crippen molar-refractivity contribution in [1.82, 2.24) is 14.9 Å². The van der Waals surface area contributed by atoms with Crippen molar-refractivity contribution in [2.45, 2.75) is 37.6 Å². The van der Waals surface area contributed by atoms with Gasteiger partial charge in [-0.25, -0.2) is 13.1 Å². The fourth-order valence-corrected chi connectivity index (χ4v) is 5.27. The number of amides is 1. The summed E-state index contributed by atoms with van der Waals surface area (Å²) in [6, 6.07) is 13.9. The van der Waals surface area contributed by atoms with Crippen LogP contribution in [-0.2, 0) is 10.0 Å². The number of sulfonamides is 1. The zero-order valence-electron chi connectivity index (χ0n) is 18.3. The molecule has 2 N–H and O–H groups in total. The van der Waals surface area contributed by atoms with Crippen LogP contribution in [0, 0.1) is 12.8 Å². The van der Waals surface area contributed by atoms with Gasteiger partial charge in [-0.1, -0.05) is 55.0 Å². The van der Waals surface area contributed by atoms with E-state index in [1.54, 1.807) is 37.4 Å². The molecule has 1 heterocycles. The van der Waals surface area contributed by atoms with Crippen LogP contribution < -0.4 is 14.8 Å². The van der Waals surface area contributed by atoms with Gasteiger partial charge in [-0.2, -0.15) is 0 Å². The Balaban J connectivity index is 1.77. The molecular weight excluding hydrogens is 448 g/mol. The lowest BCUT2D eigenvalue weighted by Gasteiger charge is -2.20. The van der Waals surface area contributed by atoms with Crippen molar-refractivity contribution in [2.24, 2.45) is 5.92 Å². The molecule has 10 heteroatoms. The Labute approximate surface area is 192 Å². The first kappa shape index (κ1) is 23.8. The molecule has 3 rings (SSSR count). The third kappa shape index (κ3) is 6.12. The molecule has 0 aliphatic carbocycles. The van der Waals surface area contributed by atoms with Crippen molar-refractivity contribution in [3.05, 3.63) is 65.2 Å². The fourth-order valence-electron chi connectivity index (χ4n) is 3.12. The summed E-state index contributed by atoms with van der Waals surface area (Å²) >= 11 is 0.805. The Morgan fingerprint density at radius 1 is 1.12 bits per heavy atom. The highest BCUT2D eigenvalue weighted by molar-refractivity contribution is 7.91. The predicted molar refractivity (Wildman–Crippen MR) is 125 cm³/mol. The van der Waals surface area contributed by atoms with Gasteiger partial charge in [0.05, 0.1) is 7.11 Å². The van der Waals surface area contributed by atoms with Crippen LogP contribution in [-0.4, -0.2) is 31.6 Å². The number of ether oxygens (including phenoxy) is 1. The quantitative estimate of drug-likeness (QED) is 0.450. The molecule has 0 fully saturated rings. The number of aromatic nitrogens is 2. The molecule has 0 saturated carbocycles. The molecule has 0 bridgehead atoms. The van der Waals surface area contributed by atoms with Crippen molar-refractivity contribution < 1.29 is 17.9 Å². The number of methoxy groups -OCH3 is 1. The maximum Gasteiger partial charge on any atom is 0.270 e. The van der Waals surface area contributed by atoms with Crippen LogP contribution in [0.2, 0.25) is 0 Å². The first-order valence-electron chi connectivity index (χ1n) is 10.1. The fraction of sp³-hybridized carbons (Fsp3) is 0.318. The number of benzene rings is 2. The van der Waals surface area contributed by atoms with Crippen molar-refractivity contribution in [1.29, 1.82) is 0 Å². The third-order valence-electron chi connectivity index (χ3n) is 4.66. The number of nitrogens with one attached hydrogen (secondary N) is 2. The van der Waals surface area contributed by atoms with Crippen LogP contribution in [0.15, 0.2) is 52.9 Å². The molecule has 0 aliphatic heterocycles. The first-order valence-corrected chi connectivity index (χ1v) is 12.4. The van der Waals surface area contributed by atoms with E-state index in [-0.39, 0.29) is 21.3 Å². The van der Waals surface area contributed by atoms with Crippen LogP contribution >= 0.6 is 11.3 Å². The normalized spacial score (nSPS) is 12.5. The van der Waals surface area contributed by atoms with Gasteiger partial charge in [-0.15, -0.1) is 10.2 Å². The zero-order chi connectivity index (χ0) is 23.3. The van der Waals surface area contributed by atoms with Crippen molar-refractivity contribution in [3.8, 4) is 5.75 Å². The molecule has 0 unspecified atom stereocenters. The third-order valence-corrected chi connectivity index (χ3v) is 7.34. The highest BCUT2D eigenvalue weighted by Crippen LogP contribution is 2.27. The van der Waals surface area contributed by atoms with E-state index in [1.165, 1.54) is 0 Å². The first-order chi connectivity index (χ1) is 15.2. The molecule has 32 heavy (non-hydrogen) atoms. The molecule has 0 aliphatic rings. The molecule has 8 nitrogen and oxygen atoms in total. The van der Waals surface area contributed by atoms with Gasteiger partial charge in [0.1, 0.15) is 5.75 Å². The second-order valence-electron chi connectivity index (χ2n) is 7.77. The van der Waals surface area contributed by atoms with Gasteiger partial charge in [0.15, 0.2) is 0 Å². The number of hydrogen-bond acceptors (Lipinski definition) is 7. The van der Waals surface area contributed by atoms with Crippen LogP contribution in [0.25, 0.3) is 0 Å². The standard InChI is InChI=1S/C22H26N4O4S2/c1-14(2)12-19(16-8-10-18(30-4)11-9-16)26-32(28,29)22-25-24-21(31-22)23-20(27)17-7-5-6-15(3)13-17/h5-11,13-14,19,26H,12H2,1-4H3,(H,23,24,27)/t19-/m0/s1. The lowest BCUT2D eigenvalue weighted by Crippen LogP contribution is -2.29. The van der Waals surface area contributed by atoms with Gasteiger partial charge in [0, 0.05) is 11.6 Å². The lowest BCUT2D eigenvalue weighted by atomic mass is 9.98.